The minimum absolute atomic E-state index is 0. The molecule has 0 aromatic rings. The second-order valence-electron chi connectivity index (χ2n) is 5.85. The molecular weight excluding hydrogens is 302 g/mol. The van der Waals surface area contributed by atoms with Crippen LogP contribution in [0.2, 0.25) is 0 Å². The van der Waals surface area contributed by atoms with Crippen molar-refractivity contribution in [2.45, 2.75) is 96.8 Å². The summed E-state index contributed by atoms with van der Waals surface area (Å²) in [6, 6.07) is 0. The summed E-state index contributed by atoms with van der Waals surface area (Å²) in [6.07, 6.45) is 17.6. The molecule has 22 heavy (non-hydrogen) atoms. The highest BCUT2D eigenvalue weighted by Gasteiger charge is 2.02. The molecule has 0 unspecified atom stereocenters. The molecule has 0 rings (SSSR count). The van der Waals surface area contributed by atoms with E-state index in [-0.39, 0.29) is 12.8 Å². The summed E-state index contributed by atoms with van der Waals surface area (Å²) in [7, 11) is -4.24. The van der Waals surface area contributed by atoms with Gasteiger partial charge >= 0.3 is 10.4 Å². The van der Waals surface area contributed by atoms with Gasteiger partial charge in [-0.1, -0.05) is 90.4 Å². The van der Waals surface area contributed by atoms with E-state index < -0.39 is 10.4 Å². The molecule has 0 saturated carbocycles. The van der Waals surface area contributed by atoms with Crippen LogP contribution in [0.15, 0.2) is 0 Å². The highest BCUT2D eigenvalue weighted by molar-refractivity contribution is 7.80. The third-order valence-corrected chi connectivity index (χ3v) is 4.19. The third kappa shape index (κ3) is 22.1. The molecule has 5 N–H and O–H groups in total. The second-order valence-corrected chi connectivity index (χ2v) is 6.94. The molecule has 0 aliphatic carbocycles. The SMILES string of the molecule is CCCCCCCCCCCCCCCCOS(=O)(=O)O.[NH4+]. The number of hydrogen-bond donors (Lipinski definition) is 2. The van der Waals surface area contributed by atoms with Gasteiger partial charge < -0.3 is 6.15 Å². The molecule has 0 aliphatic rings. The van der Waals surface area contributed by atoms with Crippen molar-refractivity contribution in [1.29, 1.82) is 0 Å². The van der Waals surface area contributed by atoms with Crippen LogP contribution in [0.3, 0.4) is 0 Å². The predicted octanol–water partition coefficient (Wildman–Crippen LogP) is 5.66. The van der Waals surface area contributed by atoms with Gasteiger partial charge in [-0.15, -0.1) is 0 Å². The lowest BCUT2D eigenvalue weighted by atomic mass is 10.0. The van der Waals surface area contributed by atoms with Crippen molar-refractivity contribution in [2.75, 3.05) is 6.61 Å². The molecule has 0 amide bonds. The molecule has 6 heteroatoms. The third-order valence-electron chi connectivity index (χ3n) is 3.73. The number of hydrogen-bond acceptors (Lipinski definition) is 3. The van der Waals surface area contributed by atoms with Gasteiger partial charge in [0, 0.05) is 0 Å². The van der Waals surface area contributed by atoms with Crippen molar-refractivity contribution < 1.29 is 17.2 Å². The van der Waals surface area contributed by atoms with Gasteiger partial charge in [0.05, 0.1) is 6.61 Å². The van der Waals surface area contributed by atoms with E-state index in [4.69, 9.17) is 4.55 Å². The van der Waals surface area contributed by atoms with E-state index in [9.17, 15) is 8.42 Å². The van der Waals surface area contributed by atoms with Gasteiger partial charge in [0.15, 0.2) is 0 Å². The highest BCUT2D eigenvalue weighted by Crippen LogP contribution is 2.12. The fourth-order valence-corrected chi connectivity index (χ4v) is 2.79. The predicted molar refractivity (Wildman–Crippen MR) is 93.8 cm³/mol. The zero-order chi connectivity index (χ0) is 15.8. The molecule has 0 radical (unpaired) electrons. The lowest BCUT2D eigenvalue weighted by molar-refractivity contribution is 0.261. The van der Waals surface area contributed by atoms with Gasteiger partial charge in [-0.3, -0.25) is 4.55 Å². The first-order chi connectivity index (χ1) is 10.1. The Morgan fingerprint density at radius 2 is 1.00 bits per heavy atom. The molecule has 0 spiro atoms. The average Bonchev–Trinajstić information content (AvgIpc) is 2.42. The Labute approximate surface area is 137 Å². The minimum Gasteiger partial charge on any atom is -0.369 e. The molecule has 136 valence electrons. The normalized spacial score (nSPS) is 11.4. The van der Waals surface area contributed by atoms with Gasteiger partial charge in [0.25, 0.3) is 0 Å². The van der Waals surface area contributed by atoms with Crippen LogP contribution in [-0.2, 0) is 14.6 Å². The largest absolute Gasteiger partial charge is 0.397 e. The van der Waals surface area contributed by atoms with E-state index in [0.717, 1.165) is 12.8 Å². The van der Waals surface area contributed by atoms with Gasteiger partial charge in [0.2, 0.25) is 0 Å². The first-order valence-electron chi connectivity index (χ1n) is 8.68. The molecule has 0 aromatic heterocycles. The van der Waals surface area contributed by atoms with Crippen LogP contribution in [0.25, 0.3) is 0 Å². The summed E-state index contributed by atoms with van der Waals surface area (Å²) >= 11 is 0. The van der Waals surface area contributed by atoms with Crippen LogP contribution in [0, 0.1) is 0 Å². The second kappa shape index (κ2) is 17.2. The first kappa shape index (κ1) is 24.1. The van der Waals surface area contributed by atoms with Gasteiger partial charge in [-0.05, 0) is 6.42 Å². The van der Waals surface area contributed by atoms with E-state index in [1.807, 2.05) is 0 Å². The monoisotopic (exact) mass is 340 g/mol. The number of unbranched alkanes of at least 4 members (excludes halogenated alkanes) is 13. The van der Waals surface area contributed by atoms with Crippen LogP contribution in [0.1, 0.15) is 96.8 Å². The van der Waals surface area contributed by atoms with E-state index in [0.29, 0.717) is 6.42 Å². The van der Waals surface area contributed by atoms with E-state index in [1.165, 1.54) is 70.6 Å². The lowest BCUT2D eigenvalue weighted by Gasteiger charge is -2.03. The van der Waals surface area contributed by atoms with Crippen LogP contribution in [-0.4, -0.2) is 19.6 Å². The Balaban J connectivity index is 0. The van der Waals surface area contributed by atoms with Crippen LogP contribution >= 0.6 is 0 Å². The van der Waals surface area contributed by atoms with Crippen LogP contribution in [0.5, 0.6) is 0 Å². The quantitative estimate of drug-likeness (QED) is 0.279. The molecule has 0 aromatic carbocycles. The fraction of sp³-hybridized carbons (Fsp3) is 1.00. The molecular formula is C16H38NO4S+. The van der Waals surface area contributed by atoms with E-state index in [1.54, 1.807) is 0 Å². The van der Waals surface area contributed by atoms with E-state index >= 15 is 0 Å². The molecule has 0 heterocycles. The Bertz CT molecular complexity index is 307. The summed E-state index contributed by atoms with van der Waals surface area (Å²) in [5.74, 6) is 0. The Morgan fingerprint density at radius 3 is 1.32 bits per heavy atom. The molecule has 0 saturated heterocycles. The van der Waals surface area contributed by atoms with Crippen molar-refractivity contribution in [3.63, 3.8) is 0 Å². The van der Waals surface area contributed by atoms with Crippen LogP contribution < -0.4 is 6.15 Å². The summed E-state index contributed by atoms with van der Waals surface area (Å²) in [4.78, 5) is 0. The Kier molecular flexibility index (Phi) is 18.8. The first-order valence-corrected chi connectivity index (χ1v) is 10.0. The zero-order valence-corrected chi connectivity index (χ0v) is 15.5. The average molecular weight is 341 g/mol. The van der Waals surface area contributed by atoms with Crippen molar-refractivity contribution >= 4 is 10.4 Å². The van der Waals surface area contributed by atoms with Gasteiger partial charge in [0.1, 0.15) is 0 Å². The summed E-state index contributed by atoms with van der Waals surface area (Å²) in [6.45, 7) is 2.35. The maximum Gasteiger partial charge on any atom is 0.397 e. The molecule has 0 bridgehead atoms. The molecule has 0 atom stereocenters. The summed E-state index contributed by atoms with van der Waals surface area (Å²) < 4.78 is 33.2. The summed E-state index contributed by atoms with van der Waals surface area (Å²) in [5, 5.41) is 0. The molecule has 0 aliphatic heterocycles. The smallest absolute Gasteiger partial charge is 0.369 e. The maximum absolute atomic E-state index is 10.3. The highest BCUT2D eigenvalue weighted by atomic mass is 32.3. The van der Waals surface area contributed by atoms with Crippen molar-refractivity contribution in [1.82, 2.24) is 6.15 Å². The molecule has 0 fully saturated rings. The fourth-order valence-electron chi connectivity index (χ4n) is 2.46. The van der Waals surface area contributed by atoms with Gasteiger partial charge in [-0.2, -0.15) is 8.42 Å². The topological polar surface area (TPSA) is 100 Å². The van der Waals surface area contributed by atoms with Crippen molar-refractivity contribution in [2.24, 2.45) is 0 Å². The number of rotatable bonds is 16. The maximum atomic E-state index is 10.3. The van der Waals surface area contributed by atoms with Crippen LogP contribution in [0.4, 0.5) is 0 Å². The zero-order valence-electron chi connectivity index (χ0n) is 14.7. The Hall–Kier alpha value is -0.170. The van der Waals surface area contributed by atoms with Gasteiger partial charge in [-0.25, -0.2) is 4.18 Å². The minimum atomic E-state index is -4.24. The molecule has 5 nitrogen and oxygen atoms in total. The number of quaternary nitrogens is 1. The van der Waals surface area contributed by atoms with Crippen molar-refractivity contribution in [3.05, 3.63) is 0 Å². The van der Waals surface area contributed by atoms with E-state index in [2.05, 4.69) is 11.1 Å². The summed E-state index contributed by atoms with van der Waals surface area (Å²) in [5.41, 5.74) is 0. The Morgan fingerprint density at radius 1 is 0.682 bits per heavy atom. The lowest BCUT2D eigenvalue weighted by Crippen LogP contribution is -2.04. The van der Waals surface area contributed by atoms with Crippen molar-refractivity contribution in [3.8, 4) is 0 Å². The standard InChI is InChI=1S/C16H34O4S.H3N/c1-2-3-4-5-6-7-8-9-10-11-12-13-14-15-16-20-21(17,18)19;/h2-16H2,1H3,(H,17,18,19);1H3/p+1.